The third-order valence-electron chi connectivity index (χ3n) is 1.90. The Morgan fingerprint density at radius 2 is 1.76 bits per heavy atom. The summed E-state index contributed by atoms with van der Waals surface area (Å²) in [7, 11) is 5.42. The number of hydrogen-bond donors (Lipinski definition) is 0. The maximum atomic E-state index is 10.4. The maximum Gasteiger partial charge on any atom is 0.363 e. The van der Waals surface area contributed by atoms with E-state index in [0.29, 0.717) is 17.1 Å². The summed E-state index contributed by atoms with van der Waals surface area (Å²) in [5.41, 5.74) is 0.388. The van der Waals surface area contributed by atoms with Crippen molar-refractivity contribution in [1.29, 1.82) is 0 Å². The molecule has 2 aromatic heterocycles. The fourth-order valence-corrected chi connectivity index (χ4v) is 1.13. The minimum Gasteiger partial charge on any atom is -0.452 e. The molecule has 0 unspecified atom stereocenters. The van der Waals surface area contributed by atoms with Crippen LogP contribution in [0.4, 0.5) is 5.82 Å². The zero-order valence-electron chi connectivity index (χ0n) is 8.61. The molecule has 0 amide bonds. The van der Waals surface area contributed by atoms with Crippen molar-refractivity contribution in [2.24, 2.45) is 0 Å². The number of hydrogen-bond acceptors (Lipinski definition) is 5. The second kappa shape index (κ2) is 4.61. The van der Waals surface area contributed by atoms with Crippen LogP contribution < -0.4 is 10.3 Å². The molecule has 2 rings (SSSR count). The lowest BCUT2D eigenvalue weighted by atomic mass is 10.0. The first-order valence-corrected chi connectivity index (χ1v) is 4.65. The van der Waals surface area contributed by atoms with E-state index in [0.717, 1.165) is 0 Å². The molecule has 0 aliphatic carbocycles. The fraction of sp³-hybridized carbons (Fsp3) is 0. The molecule has 6 nitrogen and oxygen atoms in total. The van der Waals surface area contributed by atoms with Gasteiger partial charge in [-0.1, -0.05) is 0 Å². The van der Waals surface area contributed by atoms with Crippen molar-refractivity contribution in [2.75, 3.05) is 0 Å². The van der Waals surface area contributed by atoms with Crippen molar-refractivity contribution in [1.82, 2.24) is 9.97 Å². The van der Waals surface area contributed by atoms with Crippen LogP contribution in [0.3, 0.4) is 0 Å². The molecule has 0 saturated heterocycles. The lowest BCUT2D eigenvalue weighted by molar-refractivity contribution is -0.389. The van der Waals surface area contributed by atoms with Gasteiger partial charge in [0.25, 0.3) is 0 Å². The summed E-state index contributed by atoms with van der Waals surface area (Å²) in [4.78, 5) is 17.3. The number of rotatable bonds is 3. The number of nitrogens with zero attached hydrogens (tertiary/aromatic N) is 3. The number of pyridine rings is 2. The molecule has 2 aromatic rings. The van der Waals surface area contributed by atoms with Gasteiger partial charge in [0.05, 0.1) is 6.20 Å². The Morgan fingerprint density at radius 3 is 2.24 bits per heavy atom. The van der Waals surface area contributed by atoms with E-state index >= 15 is 0 Å². The Hall–Kier alpha value is -2.44. The normalized spacial score (nSPS) is 9.88. The molecule has 0 aromatic carbocycles. The van der Waals surface area contributed by atoms with E-state index in [-0.39, 0.29) is 5.82 Å². The number of aromatic nitrogens is 2. The van der Waals surface area contributed by atoms with Crippen molar-refractivity contribution in [3.05, 3.63) is 46.8 Å². The van der Waals surface area contributed by atoms with E-state index in [1.807, 2.05) is 0 Å². The zero-order valence-corrected chi connectivity index (χ0v) is 8.61. The topological polar surface area (TPSA) is 78.2 Å². The van der Waals surface area contributed by atoms with Gasteiger partial charge in [-0.2, -0.15) is 0 Å². The van der Waals surface area contributed by atoms with E-state index in [1.165, 1.54) is 24.5 Å². The lowest BCUT2D eigenvalue weighted by Gasteiger charge is -2.03. The van der Waals surface area contributed by atoms with Crippen LogP contribution in [0.15, 0.2) is 36.7 Å². The van der Waals surface area contributed by atoms with E-state index in [1.54, 1.807) is 12.1 Å². The van der Waals surface area contributed by atoms with Crippen LogP contribution in [0.2, 0.25) is 0 Å². The number of nitro groups is 1. The van der Waals surface area contributed by atoms with Gasteiger partial charge in [-0.25, -0.2) is 0 Å². The van der Waals surface area contributed by atoms with Gasteiger partial charge in [-0.05, 0) is 33.7 Å². The van der Waals surface area contributed by atoms with Gasteiger partial charge in [0.1, 0.15) is 13.6 Å². The van der Waals surface area contributed by atoms with E-state index < -0.39 is 4.92 Å². The Kier molecular flexibility index (Phi) is 3.00. The Balaban J connectivity index is 2.13. The van der Waals surface area contributed by atoms with Crippen LogP contribution in [0.5, 0.6) is 11.5 Å². The summed E-state index contributed by atoms with van der Waals surface area (Å²) in [6.45, 7) is 0. The average molecular weight is 227 g/mol. The Labute approximate surface area is 97.8 Å². The predicted molar refractivity (Wildman–Crippen MR) is 60.6 cm³/mol. The van der Waals surface area contributed by atoms with Crippen LogP contribution in [0.25, 0.3) is 0 Å². The summed E-state index contributed by atoms with van der Waals surface area (Å²) in [5, 5.41) is 10.4. The Morgan fingerprint density at radius 1 is 1.12 bits per heavy atom. The first kappa shape index (κ1) is 11.1. The molecular weight excluding hydrogens is 221 g/mol. The molecule has 2 heterocycles. The lowest BCUT2D eigenvalue weighted by Crippen LogP contribution is -2.05. The highest BCUT2D eigenvalue weighted by atomic mass is 16.6. The molecule has 0 spiro atoms. The van der Waals surface area contributed by atoms with E-state index in [9.17, 15) is 10.1 Å². The molecular formula is C10H6BN3O3. The van der Waals surface area contributed by atoms with Gasteiger partial charge in [0, 0.05) is 6.07 Å². The minimum atomic E-state index is -0.575. The standard InChI is InChI=1S/C10H6BN3O3/c11-9-3-1-7(5-12-9)17-8-2-4-10(13-6-8)14(15)16/h1-6H. The van der Waals surface area contributed by atoms with Crippen molar-refractivity contribution in [3.8, 4) is 11.5 Å². The fourth-order valence-electron chi connectivity index (χ4n) is 1.13. The van der Waals surface area contributed by atoms with Gasteiger partial charge in [0.2, 0.25) is 0 Å². The molecule has 0 saturated carbocycles. The molecule has 0 N–H and O–H groups in total. The summed E-state index contributed by atoms with van der Waals surface area (Å²) < 4.78 is 5.36. The summed E-state index contributed by atoms with van der Waals surface area (Å²) in [5.74, 6) is 0.643. The third-order valence-corrected chi connectivity index (χ3v) is 1.90. The molecule has 0 fully saturated rings. The first-order valence-electron chi connectivity index (χ1n) is 4.65. The van der Waals surface area contributed by atoms with E-state index in [2.05, 4.69) is 9.97 Å². The second-order valence-electron chi connectivity index (χ2n) is 3.13. The highest BCUT2D eigenvalue weighted by molar-refractivity contribution is 6.30. The zero-order chi connectivity index (χ0) is 12.3. The van der Waals surface area contributed by atoms with Crippen LogP contribution in [-0.2, 0) is 0 Å². The monoisotopic (exact) mass is 227 g/mol. The van der Waals surface area contributed by atoms with Crippen molar-refractivity contribution < 1.29 is 9.66 Å². The Bertz CT molecular complexity index is 527. The summed E-state index contributed by atoms with van der Waals surface area (Å²) >= 11 is 0. The molecule has 82 valence electrons. The predicted octanol–water partition coefficient (Wildman–Crippen LogP) is 0.971. The van der Waals surface area contributed by atoms with Gasteiger partial charge in [0.15, 0.2) is 11.9 Å². The quantitative estimate of drug-likeness (QED) is 0.443. The molecule has 2 radical (unpaired) electrons. The number of ether oxygens (including phenoxy) is 1. The third kappa shape index (κ3) is 2.78. The van der Waals surface area contributed by atoms with Gasteiger partial charge < -0.3 is 14.9 Å². The van der Waals surface area contributed by atoms with Crippen LogP contribution >= 0.6 is 0 Å². The molecule has 0 bridgehead atoms. The van der Waals surface area contributed by atoms with Crippen LogP contribution in [-0.4, -0.2) is 22.7 Å². The first-order chi connectivity index (χ1) is 8.15. The minimum absolute atomic E-state index is 0.229. The molecule has 0 atom stereocenters. The summed E-state index contributed by atoms with van der Waals surface area (Å²) in [6, 6.07) is 5.96. The van der Waals surface area contributed by atoms with Gasteiger partial charge in [-0.3, -0.25) is 4.98 Å². The van der Waals surface area contributed by atoms with Crippen LogP contribution in [0.1, 0.15) is 0 Å². The molecule has 7 heteroatoms. The largest absolute Gasteiger partial charge is 0.452 e. The SMILES string of the molecule is [B]c1ccc(Oc2ccc([N+](=O)[O-])nc2)cn1. The smallest absolute Gasteiger partial charge is 0.363 e. The van der Waals surface area contributed by atoms with Crippen molar-refractivity contribution in [2.45, 2.75) is 0 Å². The van der Waals surface area contributed by atoms with Gasteiger partial charge in [-0.15, -0.1) is 0 Å². The summed E-state index contributed by atoms with van der Waals surface area (Å²) in [6.07, 6.45) is 2.73. The van der Waals surface area contributed by atoms with Crippen molar-refractivity contribution in [3.63, 3.8) is 0 Å². The van der Waals surface area contributed by atoms with Crippen LogP contribution in [0, 0.1) is 10.1 Å². The molecule has 0 aliphatic heterocycles. The average Bonchev–Trinajstić information content (AvgIpc) is 2.33. The van der Waals surface area contributed by atoms with E-state index in [4.69, 9.17) is 12.6 Å². The molecule has 0 aliphatic rings. The van der Waals surface area contributed by atoms with Crippen molar-refractivity contribution >= 4 is 19.3 Å². The molecule has 17 heavy (non-hydrogen) atoms. The highest BCUT2D eigenvalue weighted by Gasteiger charge is 2.07. The maximum absolute atomic E-state index is 10.4. The van der Waals surface area contributed by atoms with Gasteiger partial charge >= 0.3 is 5.82 Å². The second-order valence-corrected chi connectivity index (χ2v) is 3.13. The highest BCUT2D eigenvalue weighted by Crippen LogP contribution is 2.20.